The Labute approximate surface area is 194 Å². The maximum absolute atomic E-state index is 6.13. The van der Waals surface area contributed by atoms with E-state index in [9.17, 15) is 0 Å². The summed E-state index contributed by atoms with van der Waals surface area (Å²) >= 11 is 0. The van der Waals surface area contributed by atoms with Crippen LogP contribution in [0.2, 0.25) is 0 Å². The highest BCUT2D eigenvalue weighted by Crippen LogP contribution is 2.40. The second-order valence-electron chi connectivity index (χ2n) is 9.16. The van der Waals surface area contributed by atoms with Crippen molar-refractivity contribution in [2.45, 2.75) is 44.7 Å². The standard InChI is InChI=1S/C27H29N5O/c1-31-15-4-6-19(31)12-17-33-20-9-10-21-22(11-14-29-24(21)18-20)26-25-8-5-16-32(25)30-27(26)23-7-2-3-13-28-23/h2-3,7,9-11,13-14,18-19H,4-6,8,12,15-17H2,1H3/t19-/m1/s1. The first-order valence-corrected chi connectivity index (χ1v) is 12.0. The van der Waals surface area contributed by atoms with E-state index in [4.69, 9.17) is 9.84 Å². The van der Waals surface area contributed by atoms with E-state index >= 15 is 0 Å². The lowest BCUT2D eigenvalue weighted by Crippen LogP contribution is -2.26. The average Bonchev–Trinajstić information content (AvgIpc) is 3.56. The third-order valence-electron chi connectivity index (χ3n) is 7.12. The number of likely N-dealkylation sites (tertiary alicyclic amines) is 1. The molecule has 1 saturated heterocycles. The summed E-state index contributed by atoms with van der Waals surface area (Å²) in [7, 11) is 2.21. The molecule has 5 heterocycles. The van der Waals surface area contributed by atoms with Crippen LogP contribution in [0.15, 0.2) is 54.9 Å². The molecule has 0 N–H and O–H groups in total. The number of benzene rings is 1. The normalized spacial score (nSPS) is 18.2. The largest absolute Gasteiger partial charge is 0.493 e. The van der Waals surface area contributed by atoms with Crippen molar-refractivity contribution in [2.75, 3.05) is 20.2 Å². The number of fused-ring (bicyclic) bond motifs is 2. The van der Waals surface area contributed by atoms with Gasteiger partial charge in [0.15, 0.2) is 0 Å². The lowest BCUT2D eigenvalue weighted by atomic mass is 9.96. The molecule has 1 atom stereocenters. The number of aryl methyl sites for hydroxylation is 1. The predicted molar refractivity (Wildman–Crippen MR) is 130 cm³/mol. The van der Waals surface area contributed by atoms with Crippen molar-refractivity contribution < 1.29 is 4.74 Å². The van der Waals surface area contributed by atoms with Gasteiger partial charge in [0.05, 0.1) is 17.8 Å². The third kappa shape index (κ3) is 3.78. The smallest absolute Gasteiger partial charge is 0.121 e. The van der Waals surface area contributed by atoms with Crippen molar-refractivity contribution in [3.05, 3.63) is 60.6 Å². The minimum absolute atomic E-state index is 0.643. The molecule has 2 aliphatic rings. The molecule has 6 nitrogen and oxygen atoms in total. The van der Waals surface area contributed by atoms with Gasteiger partial charge >= 0.3 is 0 Å². The topological polar surface area (TPSA) is 56.1 Å². The Morgan fingerprint density at radius 1 is 1.03 bits per heavy atom. The van der Waals surface area contributed by atoms with Crippen LogP contribution in [-0.4, -0.2) is 50.9 Å². The van der Waals surface area contributed by atoms with Crippen LogP contribution >= 0.6 is 0 Å². The van der Waals surface area contributed by atoms with Crippen molar-refractivity contribution in [1.29, 1.82) is 0 Å². The Morgan fingerprint density at radius 3 is 2.85 bits per heavy atom. The van der Waals surface area contributed by atoms with Crippen LogP contribution in [0.1, 0.15) is 31.4 Å². The fourth-order valence-corrected chi connectivity index (χ4v) is 5.39. The molecule has 1 aromatic carbocycles. The molecule has 0 saturated carbocycles. The average molecular weight is 440 g/mol. The Kier molecular flexibility index (Phi) is 5.30. The number of nitrogens with zero attached hydrogens (tertiary/aromatic N) is 5. The van der Waals surface area contributed by atoms with Gasteiger partial charge in [-0.25, -0.2) is 0 Å². The molecule has 0 bridgehead atoms. The van der Waals surface area contributed by atoms with Gasteiger partial charge in [-0.3, -0.25) is 14.6 Å². The number of aromatic nitrogens is 4. The fourth-order valence-electron chi connectivity index (χ4n) is 5.39. The molecule has 1 fully saturated rings. The Morgan fingerprint density at radius 2 is 2.00 bits per heavy atom. The van der Waals surface area contributed by atoms with Gasteiger partial charge in [-0.1, -0.05) is 6.07 Å². The van der Waals surface area contributed by atoms with Gasteiger partial charge in [0.25, 0.3) is 0 Å². The van der Waals surface area contributed by atoms with E-state index in [-0.39, 0.29) is 0 Å². The van der Waals surface area contributed by atoms with Crippen molar-refractivity contribution >= 4 is 10.9 Å². The second-order valence-corrected chi connectivity index (χ2v) is 9.16. The van der Waals surface area contributed by atoms with Crippen LogP contribution in [-0.2, 0) is 13.0 Å². The quantitative estimate of drug-likeness (QED) is 0.425. The van der Waals surface area contributed by atoms with Crippen LogP contribution in [0.25, 0.3) is 33.4 Å². The molecule has 33 heavy (non-hydrogen) atoms. The van der Waals surface area contributed by atoms with Gasteiger partial charge in [-0.05, 0) is 81.6 Å². The zero-order chi connectivity index (χ0) is 22.2. The van der Waals surface area contributed by atoms with E-state index in [0.29, 0.717) is 6.04 Å². The third-order valence-corrected chi connectivity index (χ3v) is 7.12. The monoisotopic (exact) mass is 439 g/mol. The maximum atomic E-state index is 6.13. The first-order valence-electron chi connectivity index (χ1n) is 12.0. The lowest BCUT2D eigenvalue weighted by molar-refractivity contribution is 0.233. The molecule has 0 unspecified atom stereocenters. The minimum atomic E-state index is 0.643. The summed E-state index contributed by atoms with van der Waals surface area (Å²) in [5, 5.41) is 6.08. The summed E-state index contributed by atoms with van der Waals surface area (Å²) in [4.78, 5) is 11.7. The molecular weight excluding hydrogens is 410 g/mol. The predicted octanol–water partition coefficient (Wildman–Crippen LogP) is 4.97. The molecule has 2 aliphatic heterocycles. The van der Waals surface area contributed by atoms with Gasteiger partial charge in [0.1, 0.15) is 11.4 Å². The van der Waals surface area contributed by atoms with Gasteiger partial charge in [0, 0.05) is 47.7 Å². The van der Waals surface area contributed by atoms with Gasteiger partial charge in [0.2, 0.25) is 0 Å². The van der Waals surface area contributed by atoms with Crippen molar-refractivity contribution in [3.63, 3.8) is 0 Å². The van der Waals surface area contributed by atoms with E-state index < -0.39 is 0 Å². The highest BCUT2D eigenvalue weighted by molar-refractivity contribution is 5.99. The fraction of sp³-hybridized carbons (Fsp3) is 0.370. The highest BCUT2D eigenvalue weighted by atomic mass is 16.5. The molecule has 6 rings (SSSR count). The van der Waals surface area contributed by atoms with Gasteiger partial charge < -0.3 is 9.64 Å². The molecule has 4 aromatic rings. The lowest BCUT2D eigenvalue weighted by Gasteiger charge is -2.19. The zero-order valence-corrected chi connectivity index (χ0v) is 19.1. The number of ether oxygens (including phenoxy) is 1. The van der Waals surface area contributed by atoms with E-state index in [1.54, 1.807) is 0 Å². The maximum Gasteiger partial charge on any atom is 0.121 e. The number of rotatable bonds is 6. The SMILES string of the molecule is CN1CCC[C@@H]1CCOc1ccc2c(-c3c(-c4ccccn4)nn4c3CCC4)ccnc2c1. The molecule has 0 amide bonds. The van der Waals surface area contributed by atoms with Crippen molar-refractivity contribution in [2.24, 2.45) is 0 Å². The second kappa shape index (κ2) is 8.60. The van der Waals surface area contributed by atoms with Gasteiger partial charge in [-0.2, -0.15) is 5.10 Å². The van der Waals surface area contributed by atoms with Crippen LogP contribution in [0.5, 0.6) is 5.75 Å². The van der Waals surface area contributed by atoms with E-state index in [0.717, 1.165) is 60.5 Å². The molecule has 0 spiro atoms. The van der Waals surface area contributed by atoms with E-state index in [2.05, 4.69) is 50.9 Å². The van der Waals surface area contributed by atoms with Crippen molar-refractivity contribution in [1.82, 2.24) is 24.6 Å². The van der Waals surface area contributed by atoms with E-state index in [1.165, 1.54) is 36.2 Å². The summed E-state index contributed by atoms with van der Waals surface area (Å²) < 4.78 is 8.28. The molecular formula is C27H29N5O. The van der Waals surface area contributed by atoms with Crippen molar-refractivity contribution in [3.8, 4) is 28.3 Å². The number of hydrogen-bond donors (Lipinski definition) is 0. The Balaban J connectivity index is 1.34. The summed E-state index contributed by atoms with van der Waals surface area (Å²) in [6.07, 6.45) is 9.54. The Hall–Kier alpha value is -3.25. The Bertz CT molecular complexity index is 1280. The van der Waals surface area contributed by atoms with Crippen LogP contribution in [0.4, 0.5) is 0 Å². The molecule has 168 valence electrons. The first kappa shape index (κ1) is 20.4. The van der Waals surface area contributed by atoms with Crippen LogP contribution in [0, 0.1) is 0 Å². The van der Waals surface area contributed by atoms with Crippen LogP contribution < -0.4 is 4.74 Å². The summed E-state index contributed by atoms with van der Waals surface area (Å²) in [5.41, 5.74) is 6.48. The minimum Gasteiger partial charge on any atom is -0.493 e. The zero-order valence-electron chi connectivity index (χ0n) is 19.1. The molecule has 0 aliphatic carbocycles. The van der Waals surface area contributed by atoms with Crippen LogP contribution in [0.3, 0.4) is 0 Å². The number of pyridine rings is 2. The molecule has 3 aromatic heterocycles. The summed E-state index contributed by atoms with van der Waals surface area (Å²) in [6.45, 7) is 2.90. The highest BCUT2D eigenvalue weighted by Gasteiger charge is 2.25. The number of hydrogen-bond acceptors (Lipinski definition) is 5. The summed E-state index contributed by atoms with van der Waals surface area (Å²) in [6, 6.07) is 15.1. The van der Waals surface area contributed by atoms with Gasteiger partial charge in [-0.15, -0.1) is 0 Å². The molecule has 6 heteroatoms. The first-order chi connectivity index (χ1) is 16.3. The summed E-state index contributed by atoms with van der Waals surface area (Å²) in [5.74, 6) is 0.887. The van der Waals surface area contributed by atoms with E-state index in [1.807, 2.05) is 30.6 Å². The molecule has 0 radical (unpaired) electrons.